The third-order valence-electron chi connectivity index (χ3n) is 3.50. The van der Waals surface area contributed by atoms with E-state index < -0.39 is 29.6 Å². The number of alkyl halides is 1. The van der Waals surface area contributed by atoms with Crippen molar-refractivity contribution in [3.05, 3.63) is 71.8 Å². The number of benzene rings is 2. The second kappa shape index (κ2) is 9.59. The van der Waals surface area contributed by atoms with Crippen LogP contribution in [-0.4, -0.2) is 29.6 Å². The SMILES string of the molecule is O=C(N[C@@H](Cc1ccccc1)C(=O)C(=O)CCl)OCc1ccccc1. The number of Topliss-reactive ketones (excluding diaryl/α,β-unsaturated/α-hetero) is 2. The lowest BCUT2D eigenvalue weighted by atomic mass is 10.0. The van der Waals surface area contributed by atoms with Gasteiger partial charge < -0.3 is 10.1 Å². The number of carbonyl (C=O) groups excluding carboxylic acids is 3. The Labute approximate surface area is 150 Å². The number of nitrogens with one attached hydrogen (secondary N) is 1. The third kappa shape index (κ3) is 6.04. The number of halogens is 1. The first-order valence-corrected chi connectivity index (χ1v) is 8.27. The van der Waals surface area contributed by atoms with Gasteiger partial charge >= 0.3 is 6.09 Å². The minimum Gasteiger partial charge on any atom is -0.445 e. The molecule has 0 heterocycles. The van der Waals surface area contributed by atoms with Crippen LogP contribution in [-0.2, 0) is 27.4 Å². The zero-order valence-electron chi connectivity index (χ0n) is 13.5. The summed E-state index contributed by atoms with van der Waals surface area (Å²) in [6.45, 7) is 0.0718. The van der Waals surface area contributed by atoms with Crippen molar-refractivity contribution < 1.29 is 19.1 Å². The Kier molecular flexibility index (Phi) is 7.16. The van der Waals surface area contributed by atoms with Gasteiger partial charge in [-0.1, -0.05) is 60.7 Å². The predicted octanol–water partition coefficient (Wildman–Crippen LogP) is 2.90. The number of alkyl carbamates (subject to hydrolysis) is 1. The van der Waals surface area contributed by atoms with Gasteiger partial charge in [0.05, 0.1) is 5.88 Å². The van der Waals surface area contributed by atoms with Crippen LogP contribution in [0.1, 0.15) is 11.1 Å². The van der Waals surface area contributed by atoms with Crippen molar-refractivity contribution in [3.8, 4) is 0 Å². The van der Waals surface area contributed by atoms with E-state index >= 15 is 0 Å². The second-order valence-corrected chi connectivity index (χ2v) is 5.64. The van der Waals surface area contributed by atoms with E-state index in [-0.39, 0.29) is 13.0 Å². The Morgan fingerprint density at radius 1 is 0.920 bits per heavy atom. The Morgan fingerprint density at radius 3 is 2.04 bits per heavy atom. The van der Waals surface area contributed by atoms with Gasteiger partial charge in [0.25, 0.3) is 0 Å². The fourth-order valence-electron chi connectivity index (χ4n) is 2.23. The van der Waals surface area contributed by atoms with Crippen LogP contribution in [0.25, 0.3) is 0 Å². The first-order valence-electron chi connectivity index (χ1n) is 7.74. The van der Waals surface area contributed by atoms with E-state index in [1.54, 1.807) is 0 Å². The molecule has 0 bridgehead atoms. The summed E-state index contributed by atoms with van der Waals surface area (Å²) in [4.78, 5) is 35.8. The molecule has 0 aliphatic carbocycles. The topological polar surface area (TPSA) is 72.5 Å². The molecule has 0 saturated heterocycles. The molecule has 2 aromatic carbocycles. The van der Waals surface area contributed by atoms with Crippen molar-refractivity contribution in [1.29, 1.82) is 0 Å². The molecule has 130 valence electrons. The van der Waals surface area contributed by atoms with Crippen molar-refractivity contribution >= 4 is 29.3 Å². The number of rotatable bonds is 8. The van der Waals surface area contributed by atoms with Gasteiger partial charge in [-0.3, -0.25) is 9.59 Å². The number of hydrogen-bond acceptors (Lipinski definition) is 4. The van der Waals surface area contributed by atoms with E-state index in [4.69, 9.17) is 16.3 Å². The van der Waals surface area contributed by atoms with Gasteiger partial charge in [0.15, 0.2) is 0 Å². The van der Waals surface area contributed by atoms with E-state index in [2.05, 4.69) is 5.32 Å². The average molecular weight is 360 g/mol. The van der Waals surface area contributed by atoms with E-state index in [1.165, 1.54) is 0 Å². The van der Waals surface area contributed by atoms with Crippen LogP contribution in [0.15, 0.2) is 60.7 Å². The van der Waals surface area contributed by atoms with Crippen LogP contribution in [0.5, 0.6) is 0 Å². The van der Waals surface area contributed by atoms with Crippen molar-refractivity contribution in [1.82, 2.24) is 5.32 Å². The first kappa shape index (κ1) is 18.7. The van der Waals surface area contributed by atoms with Crippen LogP contribution >= 0.6 is 11.6 Å². The first-order chi connectivity index (χ1) is 12.1. The third-order valence-corrected chi connectivity index (χ3v) is 3.74. The predicted molar refractivity (Wildman–Crippen MR) is 94.4 cm³/mol. The summed E-state index contributed by atoms with van der Waals surface area (Å²) in [5.41, 5.74) is 1.63. The van der Waals surface area contributed by atoms with E-state index in [9.17, 15) is 14.4 Å². The largest absolute Gasteiger partial charge is 0.445 e. The molecule has 0 aliphatic heterocycles. The Morgan fingerprint density at radius 2 is 1.48 bits per heavy atom. The monoisotopic (exact) mass is 359 g/mol. The molecule has 1 atom stereocenters. The molecule has 0 unspecified atom stereocenters. The fraction of sp³-hybridized carbons (Fsp3) is 0.211. The van der Waals surface area contributed by atoms with Gasteiger partial charge in [-0.15, -0.1) is 11.6 Å². The molecule has 1 N–H and O–H groups in total. The molecule has 25 heavy (non-hydrogen) atoms. The Bertz CT molecular complexity index is 719. The minimum absolute atomic E-state index is 0.0718. The summed E-state index contributed by atoms with van der Waals surface area (Å²) in [6, 6.07) is 17.2. The van der Waals surface area contributed by atoms with Gasteiger partial charge in [0.1, 0.15) is 12.6 Å². The number of carbonyl (C=O) groups is 3. The maximum Gasteiger partial charge on any atom is 0.408 e. The van der Waals surface area contributed by atoms with Crippen LogP contribution in [0.2, 0.25) is 0 Å². The van der Waals surface area contributed by atoms with Gasteiger partial charge in [-0.05, 0) is 11.1 Å². The molecule has 0 aromatic heterocycles. The van der Waals surface area contributed by atoms with E-state index in [0.717, 1.165) is 11.1 Å². The Balaban J connectivity index is 2.00. The number of hydrogen-bond donors (Lipinski definition) is 1. The number of amides is 1. The Hall–Kier alpha value is -2.66. The van der Waals surface area contributed by atoms with Crippen LogP contribution in [0.3, 0.4) is 0 Å². The zero-order chi connectivity index (χ0) is 18.1. The summed E-state index contributed by atoms with van der Waals surface area (Å²) in [5.74, 6) is -1.91. The highest BCUT2D eigenvalue weighted by Crippen LogP contribution is 2.06. The molecule has 0 saturated carbocycles. The van der Waals surface area contributed by atoms with Crippen molar-refractivity contribution in [2.75, 3.05) is 5.88 Å². The summed E-state index contributed by atoms with van der Waals surface area (Å²) < 4.78 is 5.11. The molecule has 0 radical (unpaired) electrons. The number of ether oxygens (including phenoxy) is 1. The molecule has 1 amide bonds. The van der Waals surface area contributed by atoms with Crippen molar-refractivity contribution in [2.24, 2.45) is 0 Å². The lowest BCUT2D eigenvalue weighted by Gasteiger charge is -2.17. The second-order valence-electron chi connectivity index (χ2n) is 5.37. The zero-order valence-corrected chi connectivity index (χ0v) is 14.2. The molecule has 0 fully saturated rings. The highest BCUT2D eigenvalue weighted by molar-refractivity contribution is 6.48. The smallest absolute Gasteiger partial charge is 0.408 e. The lowest BCUT2D eigenvalue weighted by Crippen LogP contribution is -2.45. The summed E-state index contributed by atoms with van der Waals surface area (Å²) in [6.07, 6.45) is -0.580. The highest BCUT2D eigenvalue weighted by atomic mass is 35.5. The van der Waals surface area contributed by atoms with Crippen molar-refractivity contribution in [2.45, 2.75) is 19.1 Å². The summed E-state index contributed by atoms with van der Waals surface area (Å²) in [7, 11) is 0. The van der Waals surface area contributed by atoms with Gasteiger partial charge in [-0.25, -0.2) is 4.79 Å². The molecule has 0 aliphatic rings. The molecule has 6 heteroatoms. The van der Waals surface area contributed by atoms with Gasteiger partial charge in [-0.2, -0.15) is 0 Å². The quantitative estimate of drug-likeness (QED) is 0.581. The van der Waals surface area contributed by atoms with E-state index in [0.29, 0.717) is 0 Å². The normalized spacial score (nSPS) is 11.4. The number of ketones is 2. The van der Waals surface area contributed by atoms with Crippen LogP contribution in [0.4, 0.5) is 4.79 Å². The molecular weight excluding hydrogens is 342 g/mol. The maximum atomic E-state index is 12.2. The maximum absolute atomic E-state index is 12.2. The summed E-state index contributed by atoms with van der Waals surface area (Å²) >= 11 is 5.46. The molecule has 2 aromatic rings. The molecule has 0 spiro atoms. The lowest BCUT2D eigenvalue weighted by molar-refractivity contribution is -0.136. The highest BCUT2D eigenvalue weighted by Gasteiger charge is 2.26. The molecule has 5 nitrogen and oxygen atoms in total. The molecular formula is C19H18ClNO4. The molecule has 2 rings (SSSR count). The van der Waals surface area contributed by atoms with E-state index in [1.807, 2.05) is 60.7 Å². The average Bonchev–Trinajstić information content (AvgIpc) is 2.66. The summed E-state index contributed by atoms with van der Waals surface area (Å²) in [5, 5.41) is 2.46. The van der Waals surface area contributed by atoms with Crippen molar-refractivity contribution in [3.63, 3.8) is 0 Å². The van der Waals surface area contributed by atoms with Gasteiger partial charge in [0, 0.05) is 6.42 Å². The van der Waals surface area contributed by atoms with Gasteiger partial charge in [0.2, 0.25) is 11.6 Å². The fourth-order valence-corrected chi connectivity index (χ4v) is 2.36. The minimum atomic E-state index is -1.02. The van der Waals surface area contributed by atoms with Crippen LogP contribution in [0, 0.1) is 0 Å². The van der Waals surface area contributed by atoms with Crippen LogP contribution < -0.4 is 5.32 Å². The standard InChI is InChI=1S/C19H18ClNO4/c20-12-17(22)18(23)16(11-14-7-3-1-4-8-14)21-19(24)25-13-15-9-5-2-6-10-15/h1-10,16H,11-13H2,(H,21,24)/t16-/m0/s1.